The fourth-order valence-corrected chi connectivity index (χ4v) is 9.09. The van der Waals surface area contributed by atoms with E-state index in [9.17, 15) is 0 Å². The molecule has 2 aliphatic rings. The molecule has 154 valence electrons. The van der Waals surface area contributed by atoms with Gasteiger partial charge in [0, 0.05) is 0 Å². The minimum Gasteiger partial charge on any atom is -0.103 e. The van der Waals surface area contributed by atoms with Gasteiger partial charge >= 0.3 is 0 Å². The standard InChI is InChI=1S/C25H49P/c1-2-3-4-5-12-17-22-26-23-18-13-8-11-16-21-25(26)24-19-14-9-6-7-10-15-20-24/h24-25H,2-23H2,1H3. The molecule has 2 rings (SSSR count). The molecule has 0 bridgehead atoms. The van der Waals surface area contributed by atoms with Gasteiger partial charge in [0.15, 0.2) is 0 Å². The monoisotopic (exact) mass is 380 g/mol. The molecule has 0 aromatic heterocycles. The van der Waals surface area contributed by atoms with E-state index in [-0.39, 0.29) is 0 Å². The molecule has 1 saturated heterocycles. The van der Waals surface area contributed by atoms with Gasteiger partial charge in [0.05, 0.1) is 0 Å². The van der Waals surface area contributed by atoms with Crippen molar-refractivity contribution in [3.8, 4) is 0 Å². The van der Waals surface area contributed by atoms with Crippen LogP contribution in [0, 0.1) is 5.92 Å². The van der Waals surface area contributed by atoms with Crippen LogP contribution in [0.25, 0.3) is 0 Å². The molecule has 0 aromatic rings. The second-order valence-electron chi connectivity index (χ2n) is 9.39. The molecule has 2 fully saturated rings. The molecule has 1 aliphatic carbocycles. The Balaban J connectivity index is 1.88. The average molecular weight is 381 g/mol. The summed E-state index contributed by atoms with van der Waals surface area (Å²) in [6, 6.07) is 0. The Kier molecular flexibility index (Phi) is 13.4. The van der Waals surface area contributed by atoms with Gasteiger partial charge in [0.25, 0.3) is 0 Å². The molecule has 1 aliphatic heterocycles. The minimum atomic E-state index is 0.328. The first-order chi connectivity index (χ1) is 12.9. The van der Waals surface area contributed by atoms with E-state index in [1.807, 2.05) is 0 Å². The minimum absolute atomic E-state index is 0.328. The molecular weight excluding hydrogens is 331 g/mol. The normalized spacial score (nSPS) is 27.6. The van der Waals surface area contributed by atoms with E-state index in [1.54, 1.807) is 63.7 Å². The van der Waals surface area contributed by atoms with Crippen molar-refractivity contribution in [2.45, 2.75) is 141 Å². The van der Waals surface area contributed by atoms with Crippen LogP contribution in [0.3, 0.4) is 0 Å². The summed E-state index contributed by atoms with van der Waals surface area (Å²) < 4.78 is 0. The number of rotatable bonds is 8. The second kappa shape index (κ2) is 15.4. The maximum absolute atomic E-state index is 2.34. The van der Waals surface area contributed by atoms with Crippen molar-refractivity contribution >= 4 is 7.92 Å². The van der Waals surface area contributed by atoms with Gasteiger partial charge in [-0.1, -0.05) is 103 Å². The second-order valence-corrected chi connectivity index (χ2v) is 12.1. The van der Waals surface area contributed by atoms with Crippen molar-refractivity contribution in [2.24, 2.45) is 5.92 Å². The number of hydrogen-bond acceptors (Lipinski definition) is 0. The van der Waals surface area contributed by atoms with E-state index in [1.165, 1.54) is 77.0 Å². The quantitative estimate of drug-likeness (QED) is 0.290. The molecule has 0 amide bonds. The van der Waals surface area contributed by atoms with Crippen LogP contribution in [0.5, 0.6) is 0 Å². The maximum atomic E-state index is 2.34. The summed E-state index contributed by atoms with van der Waals surface area (Å²) in [6.45, 7) is 2.34. The van der Waals surface area contributed by atoms with Gasteiger partial charge in [-0.05, 0) is 56.0 Å². The highest BCUT2D eigenvalue weighted by Crippen LogP contribution is 2.51. The Morgan fingerprint density at radius 2 is 1.12 bits per heavy atom. The van der Waals surface area contributed by atoms with Crippen LogP contribution in [-0.2, 0) is 0 Å². The summed E-state index contributed by atoms with van der Waals surface area (Å²) in [5, 5.41) is 0. The first-order valence-electron chi connectivity index (χ1n) is 12.7. The van der Waals surface area contributed by atoms with Crippen LogP contribution in [0.15, 0.2) is 0 Å². The predicted molar refractivity (Wildman–Crippen MR) is 122 cm³/mol. The van der Waals surface area contributed by atoms with E-state index in [0.717, 1.165) is 11.6 Å². The highest BCUT2D eigenvalue weighted by Gasteiger charge is 2.28. The highest BCUT2D eigenvalue weighted by atomic mass is 31.1. The summed E-state index contributed by atoms with van der Waals surface area (Å²) in [5.74, 6) is 1.11. The topological polar surface area (TPSA) is 0 Å². The molecule has 1 heterocycles. The van der Waals surface area contributed by atoms with Gasteiger partial charge in [-0.25, -0.2) is 0 Å². The van der Waals surface area contributed by atoms with Crippen molar-refractivity contribution in [1.82, 2.24) is 0 Å². The Morgan fingerprint density at radius 1 is 0.577 bits per heavy atom. The SMILES string of the molecule is CCCCCCCCP1CCCCCCCC1C1CCCCCCCC1. The first kappa shape index (κ1) is 22.7. The van der Waals surface area contributed by atoms with Crippen molar-refractivity contribution in [3.05, 3.63) is 0 Å². The third kappa shape index (κ3) is 9.57. The fourth-order valence-electron chi connectivity index (χ4n) is 5.50. The van der Waals surface area contributed by atoms with Gasteiger partial charge in [-0.2, -0.15) is 0 Å². The first-order valence-corrected chi connectivity index (χ1v) is 14.4. The lowest BCUT2D eigenvalue weighted by atomic mass is 9.90. The van der Waals surface area contributed by atoms with Crippen LogP contribution >= 0.6 is 7.92 Å². The van der Waals surface area contributed by atoms with Gasteiger partial charge < -0.3 is 0 Å². The highest BCUT2D eigenvalue weighted by molar-refractivity contribution is 7.58. The molecule has 2 unspecified atom stereocenters. The van der Waals surface area contributed by atoms with E-state index < -0.39 is 0 Å². The summed E-state index contributed by atoms with van der Waals surface area (Å²) in [7, 11) is 0.328. The lowest BCUT2D eigenvalue weighted by molar-refractivity contribution is 0.390. The molecule has 0 spiro atoms. The van der Waals surface area contributed by atoms with Gasteiger partial charge in [-0.15, -0.1) is 7.92 Å². The van der Waals surface area contributed by atoms with Crippen molar-refractivity contribution < 1.29 is 0 Å². The third-order valence-corrected chi connectivity index (χ3v) is 10.6. The zero-order valence-electron chi connectivity index (χ0n) is 18.2. The Labute approximate surface area is 167 Å². The fraction of sp³-hybridized carbons (Fsp3) is 1.00. The Hall–Kier alpha value is 0.430. The van der Waals surface area contributed by atoms with Crippen molar-refractivity contribution in [3.63, 3.8) is 0 Å². The van der Waals surface area contributed by atoms with Crippen LogP contribution in [0.1, 0.15) is 135 Å². The van der Waals surface area contributed by atoms with E-state index in [2.05, 4.69) is 6.92 Å². The van der Waals surface area contributed by atoms with Crippen LogP contribution in [0.2, 0.25) is 0 Å². The molecule has 2 atom stereocenters. The van der Waals surface area contributed by atoms with Gasteiger partial charge in [0.2, 0.25) is 0 Å². The van der Waals surface area contributed by atoms with Gasteiger partial charge in [0.1, 0.15) is 0 Å². The van der Waals surface area contributed by atoms with E-state index in [4.69, 9.17) is 0 Å². The lowest BCUT2D eigenvalue weighted by Gasteiger charge is -2.35. The molecule has 26 heavy (non-hydrogen) atoms. The van der Waals surface area contributed by atoms with E-state index >= 15 is 0 Å². The zero-order chi connectivity index (χ0) is 18.3. The molecule has 1 heteroatoms. The number of hydrogen-bond donors (Lipinski definition) is 0. The molecule has 0 nitrogen and oxygen atoms in total. The third-order valence-electron chi connectivity index (χ3n) is 7.16. The summed E-state index contributed by atoms with van der Waals surface area (Å²) in [5.41, 5.74) is 1.15. The van der Waals surface area contributed by atoms with Gasteiger partial charge in [-0.3, -0.25) is 0 Å². The number of unbranched alkanes of at least 4 members (excludes halogenated alkanes) is 5. The molecule has 0 N–H and O–H groups in total. The zero-order valence-corrected chi connectivity index (χ0v) is 19.1. The Bertz CT molecular complexity index is 303. The summed E-state index contributed by atoms with van der Waals surface area (Å²) in [4.78, 5) is 0. The summed E-state index contributed by atoms with van der Waals surface area (Å²) in [6.07, 6.45) is 33.8. The molecular formula is C25H49P. The molecule has 0 radical (unpaired) electrons. The molecule has 0 aromatic carbocycles. The van der Waals surface area contributed by atoms with Crippen molar-refractivity contribution in [2.75, 3.05) is 12.3 Å². The largest absolute Gasteiger partial charge is 0.103 e. The van der Waals surface area contributed by atoms with Crippen LogP contribution in [-0.4, -0.2) is 18.0 Å². The van der Waals surface area contributed by atoms with Crippen LogP contribution < -0.4 is 0 Å². The lowest BCUT2D eigenvalue weighted by Crippen LogP contribution is -2.22. The predicted octanol–water partition coefficient (Wildman–Crippen LogP) is 9.30. The van der Waals surface area contributed by atoms with E-state index in [0.29, 0.717) is 7.92 Å². The molecule has 1 saturated carbocycles. The average Bonchev–Trinajstić information content (AvgIpc) is 2.86. The maximum Gasteiger partial charge on any atom is -0.0181 e. The Morgan fingerprint density at radius 3 is 1.81 bits per heavy atom. The smallest absolute Gasteiger partial charge is 0.0181 e. The van der Waals surface area contributed by atoms with Crippen LogP contribution in [0.4, 0.5) is 0 Å². The summed E-state index contributed by atoms with van der Waals surface area (Å²) >= 11 is 0. The van der Waals surface area contributed by atoms with Crippen molar-refractivity contribution in [1.29, 1.82) is 0 Å².